The van der Waals surface area contributed by atoms with Gasteiger partial charge in [0.1, 0.15) is 0 Å². The van der Waals surface area contributed by atoms with E-state index in [0.717, 1.165) is 59.9 Å². The summed E-state index contributed by atoms with van der Waals surface area (Å²) in [6.45, 7) is 9.79. The maximum absolute atomic E-state index is 13.5. The molecule has 0 saturated carbocycles. The Morgan fingerprint density at radius 3 is 2.35 bits per heavy atom. The Hall–Kier alpha value is -2.21. The van der Waals surface area contributed by atoms with E-state index in [2.05, 4.69) is 71.0 Å². The molecule has 5 rings (SSSR count). The van der Waals surface area contributed by atoms with Crippen LogP contribution in [0.25, 0.3) is 5.69 Å². The van der Waals surface area contributed by atoms with Crippen molar-refractivity contribution in [2.24, 2.45) is 4.99 Å². The molecule has 0 unspecified atom stereocenters. The van der Waals surface area contributed by atoms with E-state index in [1.54, 1.807) is 6.07 Å². The zero-order valence-corrected chi connectivity index (χ0v) is 24.5. The van der Waals surface area contributed by atoms with E-state index >= 15 is 0 Å². The van der Waals surface area contributed by atoms with Gasteiger partial charge in [0.25, 0.3) is 0 Å². The number of morpholine rings is 1. The zero-order valence-electron chi connectivity index (χ0n) is 21.6. The summed E-state index contributed by atoms with van der Waals surface area (Å²) < 4.78 is 37.3. The molecule has 0 spiro atoms. The summed E-state index contributed by atoms with van der Waals surface area (Å²) in [5.74, 6) is 0. The fraction of sp³-hybridized carbons (Fsp3) is 0.393. The highest BCUT2D eigenvalue weighted by Crippen LogP contribution is 2.34. The van der Waals surface area contributed by atoms with Crippen LogP contribution in [0.1, 0.15) is 35.4 Å². The Morgan fingerprint density at radius 1 is 0.919 bits per heavy atom. The van der Waals surface area contributed by atoms with Gasteiger partial charge in [0.05, 0.1) is 35.2 Å². The Kier molecular flexibility index (Phi) is 7.76. The van der Waals surface area contributed by atoms with Crippen molar-refractivity contribution < 1.29 is 13.2 Å². The van der Waals surface area contributed by atoms with Crippen molar-refractivity contribution in [2.75, 3.05) is 44.3 Å². The number of rotatable bonds is 6. The van der Waals surface area contributed by atoms with Crippen molar-refractivity contribution in [3.8, 4) is 5.69 Å². The number of sulfonamides is 1. The average Bonchev–Trinajstić information content (AvgIpc) is 3.53. The van der Waals surface area contributed by atoms with Gasteiger partial charge < -0.3 is 14.2 Å². The van der Waals surface area contributed by atoms with Crippen LogP contribution in [0.3, 0.4) is 0 Å². The summed E-state index contributed by atoms with van der Waals surface area (Å²) >= 11 is 2.33. The van der Waals surface area contributed by atoms with Crippen LogP contribution in [0.15, 0.2) is 52.4 Å². The largest absolute Gasteiger partial charge is 0.379 e. The first-order valence-electron chi connectivity index (χ1n) is 12.7. The lowest BCUT2D eigenvalue weighted by molar-refractivity contribution is 0.0730. The third kappa shape index (κ3) is 5.36. The first-order valence-corrected chi connectivity index (χ1v) is 15.2. The van der Waals surface area contributed by atoms with Crippen molar-refractivity contribution in [1.29, 1.82) is 0 Å². The maximum Gasteiger partial charge on any atom is 0.243 e. The van der Waals surface area contributed by atoms with Crippen LogP contribution in [0.5, 0.6) is 0 Å². The van der Waals surface area contributed by atoms with Gasteiger partial charge in [-0.2, -0.15) is 4.31 Å². The van der Waals surface area contributed by atoms with Crippen LogP contribution in [-0.2, 0) is 14.8 Å². The number of ether oxygens (including phenoxy) is 1. The van der Waals surface area contributed by atoms with Gasteiger partial charge in [0.2, 0.25) is 10.0 Å². The van der Waals surface area contributed by atoms with E-state index in [9.17, 15) is 8.42 Å². The molecule has 3 aromatic rings. The molecule has 2 fully saturated rings. The second-order valence-electron chi connectivity index (χ2n) is 9.71. The molecule has 37 heavy (non-hydrogen) atoms. The fourth-order valence-electron chi connectivity index (χ4n) is 5.15. The maximum atomic E-state index is 13.5. The molecule has 0 bridgehead atoms. The fourth-order valence-corrected chi connectivity index (χ4v) is 6.91. The summed E-state index contributed by atoms with van der Waals surface area (Å²) in [5, 5.41) is 0. The molecule has 2 saturated heterocycles. The van der Waals surface area contributed by atoms with Gasteiger partial charge in [-0.15, -0.1) is 0 Å². The van der Waals surface area contributed by atoms with Gasteiger partial charge in [-0.25, -0.2) is 8.42 Å². The SMILES string of the molecule is Cc1cc(N=Cc2cc(C)n(-c3cc(S(=O)(=O)N4CCOCC4)ccc3N3CCCC3)c2C)ccc1I. The zero-order chi connectivity index (χ0) is 26.2. The predicted octanol–water partition coefficient (Wildman–Crippen LogP) is 5.38. The van der Waals surface area contributed by atoms with Crippen LogP contribution < -0.4 is 4.90 Å². The third-order valence-electron chi connectivity index (χ3n) is 7.21. The quantitative estimate of drug-likeness (QED) is 0.271. The van der Waals surface area contributed by atoms with E-state index in [1.807, 2.05) is 24.4 Å². The molecule has 2 aromatic carbocycles. The summed E-state index contributed by atoms with van der Waals surface area (Å²) in [6.07, 6.45) is 4.19. The minimum atomic E-state index is -3.61. The Balaban J connectivity index is 1.57. The predicted molar refractivity (Wildman–Crippen MR) is 157 cm³/mol. The Labute approximate surface area is 233 Å². The second kappa shape index (κ2) is 10.9. The molecule has 2 aliphatic rings. The third-order valence-corrected chi connectivity index (χ3v) is 10.3. The monoisotopic (exact) mass is 632 g/mol. The molecule has 3 heterocycles. The minimum Gasteiger partial charge on any atom is -0.379 e. The van der Waals surface area contributed by atoms with Crippen LogP contribution in [-0.4, -0.2) is 62.9 Å². The van der Waals surface area contributed by atoms with E-state index in [4.69, 9.17) is 9.73 Å². The first-order chi connectivity index (χ1) is 17.8. The molecule has 1 aromatic heterocycles. The van der Waals surface area contributed by atoms with E-state index in [-0.39, 0.29) is 0 Å². The van der Waals surface area contributed by atoms with Crippen LogP contribution in [0, 0.1) is 24.3 Å². The smallest absolute Gasteiger partial charge is 0.243 e. The van der Waals surface area contributed by atoms with E-state index in [0.29, 0.717) is 31.2 Å². The molecular formula is C28H33IN4O3S. The van der Waals surface area contributed by atoms with Crippen molar-refractivity contribution >= 4 is 50.2 Å². The van der Waals surface area contributed by atoms with Crippen LogP contribution in [0.2, 0.25) is 0 Å². The summed E-state index contributed by atoms with van der Waals surface area (Å²) in [7, 11) is -3.61. The molecule has 0 radical (unpaired) electrons. The first kappa shape index (κ1) is 26.4. The topological polar surface area (TPSA) is 67.1 Å². The summed E-state index contributed by atoms with van der Waals surface area (Å²) in [4.78, 5) is 7.42. The van der Waals surface area contributed by atoms with Crippen molar-refractivity contribution in [3.05, 3.63) is 68.5 Å². The normalized spacial score (nSPS) is 17.2. The number of aliphatic imine (C=N–C) groups is 1. The standard InChI is InChI=1S/C28H33IN4O3S/c1-20-16-24(6-8-26(20)29)30-19-23-17-21(2)33(22(23)3)28-18-25(7-9-27(28)31-10-4-5-11-31)37(34,35)32-12-14-36-15-13-32/h6-9,16-19H,4-5,10-15H2,1-3H3. The molecule has 0 atom stereocenters. The lowest BCUT2D eigenvalue weighted by atomic mass is 10.2. The molecular weight excluding hydrogens is 599 g/mol. The number of benzene rings is 2. The highest BCUT2D eigenvalue weighted by atomic mass is 127. The lowest BCUT2D eigenvalue weighted by Gasteiger charge is -2.28. The van der Waals surface area contributed by atoms with Gasteiger partial charge in [0, 0.05) is 52.9 Å². The van der Waals surface area contributed by atoms with Gasteiger partial charge in [-0.1, -0.05) is 0 Å². The van der Waals surface area contributed by atoms with Gasteiger partial charge in [0.15, 0.2) is 0 Å². The molecule has 196 valence electrons. The summed E-state index contributed by atoms with van der Waals surface area (Å²) in [5.41, 5.74) is 7.17. The van der Waals surface area contributed by atoms with Crippen molar-refractivity contribution in [2.45, 2.75) is 38.5 Å². The molecule has 7 nitrogen and oxygen atoms in total. The number of aryl methyl sites for hydroxylation is 2. The molecule has 0 amide bonds. The number of aromatic nitrogens is 1. The van der Waals surface area contributed by atoms with Gasteiger partial charge in [-0.05, 0) is 104 Å². The van der Waals surface area contributed by atoms with Crippen molar-refractivity contribution in [3.63, 3.8) is 0 Å². The van der Waals surface area contributed by atoms with Gasteiger partial charge in [-0.3, -0.25) is 4.99 Å². The van der Waals surface area contributed by atoms with E-state index < -0.39 is 10.0 Å². The van der Waals surface area contributed by atoms with Crippen LogP contribution >= 0.6 is 22.6 Å². The number of anilines is 1. The lowest BCUT2D eigenvalue weighted by Crippen LogP contribution is -2.40. The molecule has 2 aliphatic heterocycles. The number of hydrogen-bond acceptors (Lipinski definition) is 5. The summed E-state index contributed by atoms with van der Waals surface area (Å²) in [6, 6.07) is 13.9. The highest BCUT2D eigenvalue weighted by Gasteiger charge is 2.28. The molecule has 9 heteroatoms. The van der Waals surface area contributed by atoms with Crippen molar-refractivity contribution in [1.82, 2.24) is 8.87 Å². The van der Waals surface area contributed by atoms with E-state index in [1.165, 1.54) is 13.4 Å². The second-order valence-corrected chi connectivity index (χ2v) is 12.8. The molecule has 0 N–H and O–H groups in total. The number of hydrogen-bond donors (Lipinski definition) is 0. The highest BCUT2D eigenvalue weighted by molar-refractivity contribution is 14.1. The van der Waals surface area contributed by atoms with Crippen LogP contribution in [0.4, 0.5) is 11.4 Å². The average molecular weight is 633 g/mol. The Morgan fingerprint density at radius 2 is 1.65 bits per heavy atom. The number of nitrogens with zero attached hydrogens (tertiary/aromatic N) is 4. The molecule has 0 aliphatic carbocycles. The van der Waals surface area contributed by atoms with Gasteiger partial charge >= 0.3 is 0 Å². The Bertz CT molecular complexity index is 1440. The minimum absolute atomic E-state index is 0.324. The number of halogens is 1.